The quantitative estimate of drug-likeness (QED) is 0.644. The van der Waals surface area contributed by atoms with E-state index in [4.69, 9.17) is 0 Å². The number of urea groups is 1. The molecule has 32 heavy (non-hydrogen) atoms. The summed E-state index contributed by atoms with van der Waals surface area (Å²) in [6.45, 7) is 3.30. The molecule has 2 aliphatic heterocycles. The Morgan fingerprint density at radius 2 is 2.00 bits per heavy atom. The van der Waals surface area contributed by atoms with Crippen molar-refractivity contribution in [1.82, 2.24) is 15.1 Å². The minimum atomic E-state index is -3.21. The Balaban J connectivity index is 1.57. The standard InChI is InChI=1S/C22H25N3O5S2/c1-15-6-3-4-8-18(15)22(2)20(27)25(21(28)23-22)13-19(26)24(12-17-7-5-10-31-17)16-9-11-32(29,30)14-16/h3-8,10,16H,9,11-14H2,1-2H3,(H,23,28). The second-order valence-electron chi connectivity index (χ2n) is 8.42. The van der Waals surface area contributed by atoms with Gasteiger partial charge < -0.3 is 10.2 Å². The summed E-state index contributed by atoms with van der Waals surface area (Å²) in [5, 5.41) is 4.62. The summed E-state index contributed by atoms with van der Waals surface area (Å²) < 4.78 is 24.1. The van der Waals surface area contributed by atoms with Gasteiger partial charge in [0.15, 0.2) is 9.84 Å². The molecule has 1 aromatic heterocycles. The van der Waals surface area contributed by atoms with Crippen molar-refractivity contribution in [3.63, 3.8) is 0 Å². The van der Waals surface area contributed by atoms with Crippen molar-refractivity contribution in [2.45, 2.75) is 38.4 Å². The molecule has 0 aliphatic carbocycles. The van der Waals surface area contributed by atoms with Crippen LogP contribution in [0.5, 0.6) is 0 Å². The molecule has 0 saturated carbocycles. The fraction of sp³-hybridized carbons (Fsp3) is 0.409. The van der Waals surface area contributed by atoms with Crippen LogP contribution in [0.2, 0.25) is 0 Å². The van der Waals surface area contributed by atoms with E-state index in [0.29, 0.717) is 12.0 Å². The van der Waals surface area contributed by atoms with E-state index >= 15 is 0 Å². The number of hydrogen-bond acceptors (Lipinski definition) is 6. The van der Waals surface area contributed by atoms with Gasteiger partial charge in [0.1, 0.15) is 12.1 Å². The number of hydrogen-bond donors (Lipinski definition) is 1. The van der Waals surface area contributed by atoms with E-state index in [2.05, 4.69) is 5.32 Å². The van der Waals surface area contributed by atoms with Crippen LogP contribution in [0.1, 0.15) is 29.3 Å². The van der Waals surface area contributed by atoms with Crippen LogP contribution in [0.15, 0.2) is 41.8 Å². The Bertz CT molecular complexity index is 1160. The molecule has 1 N–H and O–H groups in total. The van der Waals surface area contributed by atoms with E-state index < -0.39 is 45.8 Å². The van der Waals surface area contributed by atoms with Gasteiger partial charge in [0.25, 0.3) is 5.91 Å². The summed E-state index contributed by atoms with van der Waals surface area (Å²) in [7, 11) is -3.21. The van der Waals surface area contributed by atoms with Crippen LogP contribution < -0.4 is 5.32 Å². The zero-order chi connectivity index (χ0) is 23.1. The Labute approximate surface area is 191 Å². The fourth-order valence-electron chi connectivity index (χ4n) is 4.40. The number of aryl methyl sites for hydroxylation is 1. The topological polar surface area (TPSA) is 104 Å². The highest BCUT2D eigenvalue weighted by molar-refractivity contribution is 7.91. The van der Waals surface area contributed by atoms with Crippen molar-refractivity contribution in [2.24, 2.45) is 0 Å². The fourth-order valence-corrected chi connectivity index (χ4v) is 6.83. The number of imide groups is 1. The number of sulfone groups is 1. The molecule has 4 amide bonds. The smallest absolute Gasteiger partial charge is 0.325 e. The lowest BCUT2D eigenvalue weighted by atomic mass is 9.88. The highest BCUT2D eigenvalue weighted by Crippen LogP contribution is 2.31. The highest BCUT2D eigenvalue weighted by atomic mass is 32.2. The average molecular weight is 476 g/mol. The molecule has 10 heteroatoms. The van der Waals surface area contributed by atoms with Gasteiger partial charge in [-0.25, -0.2) is 13.2 Å². The first-order chi connectivity index (χ1) is 15.1. The molecular weight excluding hydrogens is 450 g/mol. The Morgan fingerprint density at radius 3 is 2.62 bits per heavy atom. The molecule has 170 valence electrons. The first kappa shape index (κ1) is 22.5. The van der Waals surface area contributed by atoms with Crippen LogP contribution >= 0.6 is 11.3 Å². The van der Waals surface area contributed by atoms with E-state index in [1.54, 1.807) is 19.1 Å². The number of benzene rings is 1. The monoisotopic (exact) mass is 475 g/mol. The number of nitrogens with zero attached hydrogens (tertiary/aromatic N) is 2. The number of rotatable bonds is 6. The Hall–Kier alpha value is -2.72. The molecular formula is C22H25N3O5S2. The molecule has 0 bridgehead atoms. The number of carbonyl (C=O) groups is 3. The number of amides is 4. The second kappa shape index (κ2) is 8.32. The molecule has 2 saturated heterocycles. The first-order valence-electron chi connectivity index (χ1n) is 10.3. The van der Waals surface area contributed by atoms with Crippen LogP contribution in [0.3, 0.4) is 0 Å². The summed E-state index contributed by atoms with van der Waals surface area (Å²) in [4.78, 5) is 42.6. The van der Waals surface area contributed by atoms with Gasteiger partial charge in [0, 0.05) is 10.9 Å². The molecule has 4 rings (SSSR count). The Morgan fingerprint density at radius 1 is 1.25 bits per heavy atom. The van der Waals surface area contributed by atoms with Crippen LogP contribution in [0, 0.1) is 6.92 Å². The van der Waals surface area contributed by atoms with Crippen molar-refractivity contribution in [3.8, 4) is 0 Å². The lowest BCUT2D eigenvalue weighted by molar-refractivity contribution is -0.140. The first-order valence-corrected chi connectivity index (χ1v) is 13.0. The summed E-state index contributed by atoms with van der Waals surface area (Å²) in [6.07, 6.45) is 0.348. The molecule has 0 spiro atoms. The minimum Gasteiger partial charge on any atom is -0.332 e. The van der Waals surface area contributed by atoms with Gasteiger partial charge in [0.05, 0.1) is 18.1 Å². The van der Waals surface area contributed by atoms with E-state index in [9.17, 15) is 22.8 Å². The van der Waals surface area contributed by atoms with E-state index in [1.807, 2.05) is 36.6 Å². The van der Waals surface area contributed by atoms with Crippen molar-refractivity contribution in [2.75, 3.05) is 18.1 Å². The van der Waals surface area contributed by atoms with Crippen LogP contribution in [-0.2, 0) is 31.5 Å². The van der Waals surface area contributed by atoms with Crippen LogP contribution in [0.25, 0.3) is 0 Å². The van der Waals surface area contributed by atoms with Crippen molar-refractivity contribution < 1.29 is 22.8 Å². The summed E-state index contributed by atoms with van der Waals surface area (Å²) in [5.74, 6) is -1.02. The molecule has 0 radical (unpaired) electrons. The van der Waals surface area contributed by atoms with Crippen molar-refractivity contribution in [1.29, 1.82) is 0 Å². The number of thiophene rings is 1. The molecule has 1 aromatic carbocycles. The molecule has 2 atom stereocenters. The van der Waals surface area contributed by atoms with Gasteiger partial charge >= 0.3 is 6.03 Å². The largest absolute Gasteiger partial charge is 0.332 e. The second-order valence-corrected chi connectivity index (χ2v) is 11.7. The van der Waals surface area contributed by atoms with E-state index in [1.165, 1.54) is 16.2 Å². The number of nitrogens with one attached hydrogen (secondary N) is 1. The third-order valence-corrected chi connectivity index (χ3v) is 8.74. The SMILES string of the molecule is Cc1ccccc1C1(C)NC(=O)N(CC(=O)N(Cc2cccs2)C2CCS(=O)(=O)C2)C1=O. The van der Waals surface area contributed by atoms with Gasteiger partial charge in [-0.3, -0.25) is 14.5 Å². The normalized spacial score (nSPS) is 24.6. The van der Waals surface area contributed by atoms with Gasteiger partial charge in [-0.1, -0.05) is 30.3 Å². The minimum absolute atomic E-state index is 0.0281. The average Bonchev–Trinajstić information content (AvgIpc) is 3.42. The third kappa shape index (κ3) is 4.16. The van der Waals surface area contributed by atoms with Crippen LogP contribution in [-0.4, -0.2) is 60.2 Å². The zero-order valence-corrected chi connectivity index (χ0v) is 19.5. The molecule has 3 heterocycles. The van der Waals surface area contributed by atoms with Gasteiger partial charge in [-0.2, -0.15) is 0 Å². The highest BCUT2D eigenvalue weighted by Gasteiger charge is 2.50. The lowest BCUT2D eigenvalue weighted by Crippen LogP contribution is -2.48. The predicted molar refractivity (Wildman–Crippen MR) is 121 cm³/mol. The molecule has 2 fully saturated rings. The maximum atomic E-state index is 13.3. The molecule has 2 unspecified atom stereocenters. The van der Waals surface area contributed by atoms with Gasteiger partial charge in [-0.05, 0) is 42.8 Å². The van der Waals surface area contributed by atoms with Gasteiger partial charge in [-0.15, -0.1) is 11.3 Å². The summed E-state index contributed by atoms with van der Waals surface area (Å²) in [6, 6.07) is 9.91. The maximum Gasteiger partial charge on any atom is 0.325 e. The van der Waals surface area contributed by atoms with Crippen molar-refractivity contribution >= 4 is 39.0 Å². The van der Waals surface area contributed by atoms with E-state index in [-0.39, 0.29) is 18.1 Å². The van der Waals surface area contributed by atoms with Crippen molar-refractivity contribution in [3.05, 3.63) is 57.8 Å². The predicted octanol–water partition coefficient (Wildman–Crippen LogP) is 2.04. The van der Waals surface area contributed by atoms with Crippen LogP contribution in [0.4, 0.5) is 4.79 Å². The van der Waals surface area contributed by atoms with E-state index in [0.717, 1.165) is 15.3 Å². The Kier molecular flexibility index (Phi) is 5.85. The molecule has 8 nitrogen and oxygen atoms in total. The summed E-state index contributed by atoms with van der Waals surface area (Å²) >= 11 is 1.47. The molecule has 2 aromatic rings. The third-order valence-electron chi connectivity index (χ3n) is 6.13. The molecule has 2 aliphatic rings. The zero-order valence-electron chi connectivity index (χ0n) is 17.9. The van der Waals surface area contributed by atoms with Gasteiger partial charge in [0.2, 0.25) is 5.91 Å². The number of carbonyl (C=O) groups excluding carboxylic acids is 3. The summed E-state index contributed by atoms with van der Waals surface area (Å²) in [5.41, 5.74) is 0.260. The maximum absolute atomic E-state index is 13.3. The lowest BCUT2D eigenvalue weighted by Gasteiger charge is -2.29.